The van der Waals surface area contributed by atoms with E-state index in [0.717, 1.165) is 35.0 Å². The molecule has 0 atom stereocenters. The van der Waals surface area contributed by atoms with E-state index in [9.17, 15) is 5.21 Å². The number of oxime groups is 1. The summed E-state index contributed by atoms with van der Waals surface area (Å²) in [5, 5.41) is 13.0. The number of pyridine rings is 1. The van der Waals surface area contributed by atoms with E-state index < -0.39 is 0 Å². The summed E-state index contributed by atoms with van der Waals surface area (Å²) in [6, 6.07) is 13.7. The molecule has 1 aliphatic heterocycles. The Kier molecular flexibility index (Phi) is 5.02. The summed E-state index contributed by atoms with van der Waals surface area (Å²) in [7, 11) is 0. The first-order valence-corrected chi connectivity index (χ1v) is 8.63. The van der Waals surface area contributed by atoms with Gasteiger partial charge in [0.15, 0.2) is 5.84 Å². The fourth-order valence-corrected chi connectivity index (χ4v) is 3.36. The molecule has 1 aromatic carbocycles. The molecule has 0 bridgehead atoms. The number of hydrogen-bond donors (Lipinski definition) is 1. The molecule has 2 heterocycles. The molecule has 0 unspecified atom stereocenters. The van der Waals surface area contributed by atoms with Gasteiger partial charge in [-0.25, -0.2) is 4.98 Å². The van der Waals surface area contributed by atoms with Crippen LogP contribution in [0.25, 0.3) is 0 Å². The van der Waals surface area contributed by atoms with Crippen LogP contribution in [-0.2, 0) is 6.61 Å². The normalized spacial score (nSPS) is 15.0. The Morgan fingerprint density at radius 1 is 1.30 bits per heavy atom. The van der Waals surface area contributed by atoms with Crippen LogP contribution in [0.5, 0.6) is 5.88 Å². The second kappa shape index (κ2) is 7.37. The molecule has 1 aromatic heterocycles. The zero-order valence-corrected chi connectivity index (χ0v) is 13.8. The van der Waals surface area contributed by atoms with Crippen molar-refractivity contribution in [2.75, 3.05) is 18.2 Å². The summed E-state index contributed by atoms with van der Waals surface area (Å²) in [6.07, 6.45) is 0. The van der Waals surface area contributed by atoms with Gasteiger partial charge in [-0.1, -0.05) is 35.5 Å². The Morgan fingerprint density at radius 3 is 2.83 bits per heavy atom. The molecular weight excluding hydrogens is 310 g/mol. The van der Waals surface area contributed by atoms with Crippen molar-refractivity contribution in [3.63, 3.8) is 0 Å². The second-order valence-electron chi connectivity index (χ2n) is 5.30. The fourth-order valence-electron chi connectivity index (χ4n) is 2.41. The Hall–Kier alpha value is -2.21. The molecule has 2 aromatic rings. The van der Waals surface area contributed by atoms with Crippen LogP contribution in [0, 0.1) is 6.92 Å². The minimum Gasteiger partial charge on any atom is -0.472 e. The van der Waals surface area contributed by atoms with E-state index in [-0.39, 0.29) is 0 Å². The molecule has 120 valence electrons. The van der Waals surface area contributed by atoms with Gasteiger partial charge >= 0.3 is 0 Å². The summed E-state index contributed by atoms with van der Waals surface area (Å²) in [6.45, 7) is 3.20. The van der Waals surface area contributed by atoms with E-state index in [1.807, 2.05) is 66.1 Å². The predicted octanol–water partition coefficient (Wildman–Crippen LogP) is 3.11. The van der Waals surface area contributed by atoms with E-state index in [1.54, 1.807) is 0 Å². The molecule has 0 saturated carbocycles. The number of aryl methyl sites for hydroxylation is 1. The van der Waals surface area contributed by atoms with Gasteiger partial charge in [-0.15, -0.1) is 11.8 Å². The molecule has 6 heteroatoms. The highest BCUT2D eigenvalue weighted by Gasteiger charge is 2.22. The zero-order valence-electron chi connectivity index (χ0n) is 13.0. The van der Waals surface area contributed by atoms with Gasteiger partial charge in [-0.05, 0) is 24.6 Å². The number of nitrogens with zero attached hydrogens (tertiary/aromatic N) is 3. The average molecular weight is 329 g/mol. The maximum Gasteiger partial charge on any atom is 0.225 e. The van der Waals surface area contributed by atoms with Gasteiger partial charge in [0.2, 0.25) is 5.88 Å². The second-order valence-corrected chi connectivity index (χ2v) is 6.38. The summed E-state index contributed by atoms with van der Waals surface area (Å²) in [4.78, 5) is 6.51. The quantitative estimate of drug-likeness (QED) is 0.404. The molecule has 3 rings (SSSR count). The van der Waals surface area contributed by atoms with Gasteiger partial charge in [-0.2, -0.15) is 0 Å². The van der Waals surface area contributed by atoms with Crippen molar-refractivity contribution < 1.29 is 9.94 Å². The molecule has 0 radical (unpaired) electrons. The summed E-state index contributed by atoms with van der Waals surface area (Å²) < 4.78 is 5.91. The number of benzene rings is 1. The highest BCUT2D eigenvalue weighted by Crippen LogP contribution is 2.24. The summed E-state index contributed by atoms with van der Waals surface area (Å²) in [5.74, 6) is 2.85. The average Bonchev–Trinajstić information content (AvgIpc) is 3.10. The molecule has 0 aliphatic carbocycles. The molecule has 23 heavy (non-hydrogen) atoms. The van der Waals surface area contributed by atoms with Gasteiger partial charge in [0.05, 0.1) is 11.4 Å². The molecule has 1 fully saturated rings. The van der Waals surface area contributed by atoms with Crippen LogP contribution >= 0.6 is 11.8 Å². The monoisotopic (exact) mass is 329 g/mol. The first-order chi connectivity index (χ1) is 11.3. The highest BCUT2D eigenvalue weighted by atomic mass is 32.2. The third-order valence-corrected chi connectivity index (χ3v) is 4.57. The van der Waals surface area contributed by atoms with Crippen LogP contribution in [-0.4, -0.2) is 39.1 Å². The Labute approximate surface area is 140 Å². The van der Waals surface area contributed by atoms with Gasteiger partial charge in [0, 0.05) is 18.0 Å². The standard InChI is InChI=1S/C17H19N3O2S/c1-13-7-8-15(16(19-21)20-9-10-23-12-20)17(18-13)22-11-14-5-3-2-4-6-14/h2-8,21H,9-12H2,1H3/b19-16-. The Balaban J connectivity index is 1.85. The van der Waals surface area contributed by atoms with Gasteiger partial charge in [0.1, 0.15) is 6.61 Å². The number of thioether (sulfide) groups is 1. The smallest absolute Gasteiger partial charge is 0.225 e. The van der Waals surface area contributed by atoms with E-state index in [2.05, 4.69) is 10.1 Å². The Morgan fingerprint density at radius 2 is 2.13 bits per heavy atom. The summed E-state index contributed by atoms with van der Waals surface area (Å²) in [5.41, 5.74) is 2.66. The molecule has 5 nitrogen and oxygen atoms in total. The van der Waals surface area contributed by atoms with Crippen molar-refractivity contribution in [2.45, 2.75) is 13.5 Å². The predicted molar refractivity (Wildman–Crippen MR) is 92.1 cm³/mol. The topological polar surface area (TPSA) is 58.0 Å². The van der Waals surface area contributed by atoms with Gasteiger partial charge < -0.3 is 14.8 Å². The van der Waals surface area contributed by atoms with Crippen LogP contribution in [0.4, 0.5) is 0 Å². The lowest BCUT2D eigenvalue weighted by Crippen LogP contribution is -2.29. The fraction of sp³-hybridized carbons (Fsp3) is 0.294. The molecule has 1 saturated heterocycles. The van der Waals surface area contributed by atoms with Crippen LogP contribution in [0.15, 0.2) is 47.6 Å². The van der Waals surface area contributed by atoms with E-state index in [1.165, 1.54) is 0 Å². The van der Waals surface area contributed by atoms with Crippen LogP contribution in [0.3, 0.4) is 0 Å². The minimum absolute atomic E-state index is 0.428. The van der Waals surface area contributed by atoms with Crippen molar-refractivity contribution >= 4 is 17.6 Å². The molecule has 0 spiro atoms. The molecular formula is C17H19N3O2S. The molecule has 1 aliphatic rings. The SMILES string of the molecule is Cc1ccc(/C(=N/O)N2CCSC2)c(OCc2ccccc2)n1. The van der Waals surface area contributed by atoms with Crippen molar-refractivity contribution in [2.24, 2.45) is 5.16 Å². The van der Waals surface area contributed by atoms with Crippen LogP contribution in [0.2, 0.25) is 0 Å². The number of amidine groups is 1. The lowest BCUT2D eigenvalue weighted by Gasteiger charge is -2.19. The minimum atomic E-state index is 0.428. The van der Waals surface area contributed by atoms with E-state index in [0.29, 0.717) is 18.3 Å². The molecule has 0 amide bonds. The van der Waals surface area contributed by atoms with Crippen molar-refractivity contribution in [1.29, 1.82) is 0 Å². The third kappa shape index (κ3) is 3.76. The highest BCUT2D eigenvalue weighted by molar-refractivity contribution is 7.99. The zero-order chi connectivity index (χ0) is 16.1. The lowest BCUT2D eigenvalue weighted by molar-refractivity contribution is 0.288. The number of rotatable bonds is 4. The van der Waals surface area contributed by atoms with Gasteiger partial charge in [-0.3, -0.25) is 0 Å². The maximum atomic E-state index is 9.47. The van der Waals surface area contributed by atoms with Crippen molar-refractivity contribution in [3.05, 3.63) is 59.3 Å². The third-order valence-electron chi connectivity index (χ3n) is 3.61. The van der Waals surface area contributed by atoms with Gasteiger partial charge in [0.25, 0.3) is 0 Å². The Bertz CT molecular complexity index is 685. The number of hydrogen-bond acceptors (Lipinski definition) is 5. The first-order valence-electron chi connectivity index (χ1n) is 7.47. The van der Waals surface area contributed by atoms with Crippen LogP contribution < -0.4 is 4.74 Å². The van der Waals surface area contributed by atoms with Crippen LogP contribution in [0.1, 0.15) is 16.8 Å². The lowest BCUT2D eigenvalue weighted by atomic mass is 10.2. The number of aromatic nitrogens is 1. The van der Waals surface area contributed by atoms with E-state index >= 15 is 0 Å². The van der Waals surface area contributed by atoms with Crippen molar-refractivity contribution in [1.82, 2.24) is 9.88 Å². The van der Waals surface area contributed by atoms with Crippen molar-refractivity contribution in [3.8, 4) is 5.88 Å². The number of ether oxygens (including phenoxy) is 1. The largest absolute Gasteiger partial charge is 0.472 e. The van der Waals surface area contributed by atoms with E-state index in [4.69, 9.17) is 4.74 Å². The maximum absolute atomic E-state index is 9.47. The first kappa shape index (κ1) is 15.7. The molecule has 1 N–H and O–H groups in total. The summed E-state index contributed by atoms with van der Waals surface area (Å²) >= 11 is 1.81.